The average Bonchev–Trinajstić information content (AvgIpc) is 2.56. The molecule has 0 aromatic carbocycles. The summed E-state index contributed by atoms with van der Waals surface area (Å²) in [7, 11) is 0. The Hall–Kier alpha value is -1.88. The average molecular weight is 384 g/mol. The first-order valence-electron chi connectivity index (χ1n) is 8.23. The summed E-state index contributed by atoms with van der Waals surface area (Å²) in [6, 6.07) is -2.88. The van der Waals surface area contributed by atoms with Crippen LogP contribution in [0.25, 0.3) is 0 Å². The number of carboxylic acids is 1. The molecule has 1 amide bonds. The van der Waals surface area contributed by atoms with Crippen molar-refractivity contribution in [2.24, 2.45) is 11.7 Å². The SMILES string of the molecule is N[C@H](CC1CCCCC1)[C@H](O)C(=O)NC(COC(=O)C(F)(F)F)C(=O)O. The van der Waals surface area contributed by atoms with Gasteiger partial charge in [-0.2, -0.15) is 13.2 Å². The number of carboxylic acid groups (broad SMARTS) is 1. The van der Waals surface area contributed by atoms with Crippen molar-refractivity contribution >= 4 is 17.8 Å². The number of aliphatic hydroxyl groups excluding tert-OH is 1. The van der Waals surface area contributed by atoms with Crippen LogP contribution < -0.4 is 11.1 Å². The highest BCUT2D eigenvalue weighted by Crippen LogP contribution is 2.27. The van der Waals surface area contributed by atoms with Crippen LogP contribution in [0.2, 0.25) is 0 Å². The highest BCUT2D eigenvalue weighted by Gasteiger charge is 2.42. The number of hydrogen-bond donors (Lipinski definition) is 4. The van der Waals surface area contributed by atoms with E-state index in [0.717, 1.165) is 32.1 Å². The van der Waals surface area contributed by atoms with Crippen LogP contribution in [0, 0.1) is 5.92 Å². The molecule has 1 fully saturated rings. The van der Waals surface area contributed by atoms with Gasteiger partial charge in [-0.15, -0.1) is 0 Å². The Bertz CT molecular complexity index is 508. The number of hydrogen-bond acceptors (Lipinski definition) is 6. The summed E-state index contributed by atoms with van der Waals surface area (Å²) in [4.78, 5) is 33.5. The Morgan fingerprint density at radius 1 is 1.19 bits per heavy atom. The fraction of sp³-hybridized carbons (Fsp3) is 0.800. The maximum absolute atomic E-state index is 12.1. The Morgan fingerprint density at radius 3 is 2.27 bits per heavy atom. The van der Waals surface area contributed by atoms with Crippen LogP contribution in [0.4, 0.5) is 13.2 Å². The van der Waals surface area contributed by atoms with Crippen LogP contribution in [-0.4, -0.2) is 59.0 Å². The van der Waals surface area contributed by atoms with Gasteiger partial charge in [-0.1, -0.05) is 32.1 Å². The number of nitrogens with two attached hydrogens (primary N) is 1. The van der Waals surface area contributed by atoms with Crippen molar-refractivity contribution in [2.45, 2.75) is 62.9 Å². The molecule has 0 aliphatic heterocycles. The monoisotopic (exact) mass is 384 g/mol. The van der Waals surface area contributed by atoms with Crippen molar-refractivity contribution < 1.29 is 42.5 Å². The second-order valence-corrected chi connectivity index (χ2v) is 6.34. The number of nitrogens with one attached hydrogen (secondary N) is 1. The third kappa shape index (κ3) is 7.16. The molecule has 3 atom stereocenters. The molecule has 0 radical (unpaired) electrons. The highest BCUT2D eigenvalue weighted by molar-refractivity contribution is 5.87. The molecule has 8 nitrogen and oxygen atoms in total. The first-order valence-corrected chi connectivity index (χ1v) is 8.23. The van der Waals surface area contributed by atoms with Gasteiger partial charge < -0.3 is 26.0 Å². The molecule has 150 valence electrons. The number of rotatable bonds is 8. The van der Waals surface area contributed by atoms with Gasteiger partial charge in [0.1, 0.15) is 12.7 Å². The van der Waals surface area contributed by atoms with Crippen molar-refractivity contribution in [3.63, 3.8) is 0 Å². The van der Waals surface area contributed by atoms with Crippen molar-refractivity contribution in [3.8, 4) is 0 Å². The number of esters is 1. The van der Waals surface area contributed by atoms with Gasteiger partial charge in [0.25, 0.3) is 5.91 Å². The van der Waals surface area contributed by atoms with Crippen LogP contribution >= 0.6 is 0 Å². The fourth-order valence-electron chi connectivity index (χ4n) is 2.80. The van der Waals surface area contributed by atoms with Gasteiger partial charge in [-0.25, -0.2) is 9.59 Å². The Kier molecular flexibility index (Phi) is 8.28. The first-order chi connectivity index (χ1) is 12.0. The summed E-state index contributed by atoms with van der Waals surface area (Å²) < 4.78 is 40.0. The number of aliphatic carboxylic acids is 1. The minimum atomic E-state index is -5.28. The summed E-state index contributed by atoms with van der Waals surface area (Å²) in [5.41, 5.74) is 5.79. The van der Waals surface area contributed by atoms with Crippen molar-refractivity contribution in [2.75, 3.05) is 6.61 Å². The second kappa shape index (κ2) is 9.72. The molecule has 1 unspecified atom stereocenters. The number of ether oxygens (including phenoxy) is 1. The summed E-state index contributed by atoms with van der Waals surface area (Å²) in [6.45, 7) is -1.23. The zero-order valence-electron chi connectivity index (χ0n) is 14.0. The molecule has 0 bridgehead atoms. The van der Waals surface area contributed by atoms with Crippen LogP contribution in [0.5, 0.6) is 0 Å². The Labute approximate surface area is 147 Å². The van der Waals surface area contributed by atoms with Gasteiger partial charge in [0.05, 0.1) is 0 Å². The lowest BCUT2D eigenvalue weighted by Crippen LogP contribution is -2.53. The lowest BCUT2D eigenvalue weighted by atomic mass is 9.84. The van der Waals surface area contributed by atoms with E-state index < -0.39 is 48.8 Å². The maximum Gasteiger partial charge on any atom is 0.490 e. The zero-order chi connectivity index (χ0) is 19.9. The molecule has 0 spiro atoms. The number of carbonyl (C=O) groups excluding carboxylic acids is 2. The van der Waals surface area contributed by atoms with E-state index in [0.29, 0.717) is 6.42 Å². The van der Waals surface area contributed by atoms with E-state index in [1.54, 1.807) is 0 Å². The van der Waals surface area contributed by atoms with E-state index >= 15 is 0 Å². The third-order valence-corrected chi connectivity index (χ3v) is 4.23. The predicted molar refractivity (Wildman–Crippen MR) is 81.8 cm³/mol. The van der Waals surface area contributed by atoms with Crippen molar-refractivity contribution in [1.29, 1.82) is 0 Å². The predicted octanol–water partition coefficient (Wildman–Crippen LogP) is 0.320. The lowest BCUT2D eigenvalue weighted by Gasteiger charge is -2.27. The number of alkyl halides is 3. The molecule has 0 saturated heterocycles. The zero-order valence-corrected chi connectivity index (χ0v) is 14.0. The molecule has 26 heavy (non-hydrogen) atoms. The molecular weight excluding hydrogens is 361 g/mol. The van der Waals surface area contributed by atoms with Crippen LogP contribution in [0.15, 0.2) is 0 Å². The van der Waals surface area contributed by atoms with E-state index in [1.165, 1.54) is 0 Å². The molecule has 11 heteroatoms. The summed E-state index contributed by atoms with van der Waals surface area (Å²) in [5, 5.41) is 20.7. The van der Waals surface area contributed by atoms with Gasteiger partial charge in [-0.3, -0.25) is 4.79 Å². The van der Waals surface area contributed by atoms with Crippen molar-refractivity contribution in [1.82, 2.24) is 5.32 Å². The topological polar surface area (TPSA) is 139 Å². The summed E-state index contributed by atoms with van der Waals surface area (Å²) in [5.74, 6) is -5.19. The largest absolute Gasteiger partial charge is 0.490 e. The molecule has 1 aliphatic carbocycles. The maximum atomic E-state index is 12.1. The second-order valence-electron chi connectivity index (χ2n) is 6.34. The molecular formula is C15H23F3N2O6. The number of amides is 1. The quantitative estimate of drug-likeness (QED) is 0.442. The van der Waals surface area contributed by atoms with Crippen LogP contribution in [0.3, 0.4) is 0 Å². The molecule has 1 aliphatic rings. The molecule has 1 saturated carbocycles. The molecule has 0 aromatic heterocycles. The Balaban J connectivity index is 2.54. The molecule has 5 N–H and O–H groups in total. The van der Waals surface area contributed by atoms with E-state index in [2.05, 4.69) is 4.74 Å². The summed E-state index contributed by atoms with van der Waals surface area (Å²) in [6.07, 6.45) is -1.61. The molecule has 0 heterocycles. The first kappa shape index (κ1) is 22.2. The van der Waals surface area contributed by atoms with E-state index in [4.69, 9.17) is 10.8 Å². The van der Waals surface area contributed by atoms with Crippen molar-refractivity contribution in [3.05, 3.63) is 0 Å². The number of halogens is 3. The van der Waals surface area contributed by atoms with E-state index in [9.17, 15) is 32.7 Å². The summed E-state index contributed by atoms with van der Waals surface area (Å²) >= 11 is 0. The van der Waals surface area contributed by atoms with Gasteiger partial charge >= 0.3 is 18.1 Å². The number of carbonyl (C=O) groups is 3. The van der Waals surface area contributed by atoms with Gasteiger partial charge in [-0.05, 0) is 12.3 Å². The highest BCUT2D eigenvalue weighted by atomic mass is 19.4. The molecule has 1 rings (SSSR count). The third-order valence-electron chi connectivity index (χ3n) is 4.23. The number of aliphatic hydroxyl groups is 1. The normalized spacial score (nSPS) is 19.3. The minimum Gasteiger partial charge on any atom is -0.480 e. The lowest BCUT2D eigenvalue weighted by molar-refractivity contribution is -0.200. The van der Waals surface area contributed by atoms with Crippen LogP contribution in [-0.2, 0) is 19.1 Å². The minimum absolute atomic E-state index is 0.254. The standard InChI is InChI=1S/C15H23F3N2O6/c16-15(17,18)14(25)26-7-10(13(23)24)20-12(22)11(21)9(19)6-8-4-2-1-3-5-8/h8-11,21H,1-7,19H2,(H,20,22)(H,23,24)/t9-,10?,11+/m1/s1. The van der Waals surface area contributed by atoms with E-state index in [1.807, 2.05) is 5.32 Å². The van der Waals surface area contributed by atoms with Gasteiger partial charge in [0, 0.05) is 6.04 Å². The molecule has 0 aromatic rings. The van der Waals surface area contributed by atoms with E-state index in [-0.39, 0.29) is 5.92 Å². The van der Waals surface area contributed by atoms with Gasteiger partial charge in [0.15, 0.2) is 6.04 Å². The van der Waals surface area contributed by atoms with Crippen LogP contribution in [0.1, 0.15) is 38.5 Å². The Morgan fingerprint density at radius 2 is 1.77 bits per heavy atom. The fourth-order valence-corrected chi connectivity index (χ4v) is 2.80. The van der Waals surface area contributed by atoms with Gasteiger partial charge in [0.2, 0.25) is 0 Å². The smallest absolute Gasteiger partial charge is 0.480 e.